The van der Waals surface area contributed by atoms with Crippen molar-refractivity contribution in [3.63, 3.8) is 0 Å². The Bertz CT molecular complexity index is 779. The predicted octanol–water partition coefficient (Wildman–Crippen LogP) is 2.69. The minimum absolute atomic E-state index is 0.00586. The van der Waals surface area contributed by atoms with Gasteiger partial charge in [0.25, 0.3) is 5.91 Å². The average molecular weight is 367 g/mol. The van der Waals surface area contributed by atoms with Gasteiger partial charge in [0.15, 0.2) is 0 Å². The maximum Gasteiger partial charge on any atom is 0.257 e. The molecule has 1 aliphatic heterocycles. The van der Waals surface area contributed by atoms with E-state index >= 15 is 0 Å². The fraction of sp³-hybridized carbons (Fsp3) is 0.400. The first-order chi connectivity index (χ1) is 13.1. The third kappa shape index (κ3) is 4.42. The molecule has 1 saturated heterocycles. The molecule has 1 aliphatic rings. The lowest BCUT2D eigenvalue weighted by Gasteiger charge is -2.39. The summed E-state index contributed by atoms with van der Waals surface area (Å²) in [6, 6.07) is 9.19. The van der Waals surface area contributed by atoms with Crippen molar-refractivity contribution in [2.24, 2.45) is 0 Å². The Morgan fingerprint density at radius 3 is 2.56 bits per heavy atom. The number of carbonyl (C=O) groups excluding carboxylic acids is 2. The Morgan fingerprint density at radius 1 is 1.19 bits per heavy atom. The number of anilines is 2. The van der Waals surface area contributed by atoms with Crippen LogP contribution in [0.1, 0.15) is 36.5 Å². The fourth-order valence-corrected chi connectivity index (χ4v) is 3.15. The van der Waals surface area contributed by atoms with Gasteiger partial charge in [-0.25, -0.2) is 9.97 Å². The zero-order valence-corrected chi connectivity index (χ0v) is 15.8. The van der Waals surface area contributed by atoms with E-state index in [1.807, 2.05) is 30.3 Å². The van der Waals surface area contributed by atoms with Gasteiger partial charge in [0.05, 0.1) is 5.56 Å². The van der Waals surface area contributed by atoms with Gasteiger partial charge in [-0.05, 0) is 18.6 Å². The molecular weight excluding hydrogens is 342 g/mol. The molecule has 142 valence electrons. The third-order valence-electron chi connectivity index (χ3n) is 4.73. The normalized spacial score (nSPS) is 17.1. The van der Waals surface area contributed by atoms with E-state index in [9.17, 15) is 9.59 Å². The highest BCUT2D eigenvalue weighted by Crippen LogP contribution is 2.19. The van der Waals surface area contributed by atoms with Gasteiger partial charge in [-0.15, -0.1) is 0 Å². The Hall–Kier alpha value is -2.96. The third-order valence-corrected chi connectivity index (χ3v) is 4.73. The van der Waals surface area contributed by atoms with Gasteiger partial charge in [-0.3, -0.25) is 9.59 Å². The van der Waals surface area contributed by atoms with Gasteiger partial charge in [0.2, 0.25) is 11.9 Å². The number of amides is 2. The molecule has 0 unspecified atom stereocenters. The maximum absolute atomic E-state index is 12.9. The number of aromatic nitrogens is 2. The Morgan fingerprint density at radius 2 is 1.89 bits per heavy atom. The monoisotopic (exact) mass is 367 g/mol. The van der Waals surface area contributed by atoms with Crippen molar-refractivity contribution in [3.8, 4) is 0 Å². The number of para-hydroxylation sites is 1. The number of hydrogen-bond donors (Lipinski definition) is 1. The van der Waals surface area contributed by atoms with Crippen LogP contribution in [0.15, 0.2) is 42.7 Å². The second-order valence-corrected chi connectivity index (χ2v) is 6.70. The highest BCUT2D eigenvalue weighted by Gasteiger charge is 2.35. The van der Waals surface area contributed by atoms with Crippen molar-refractivity contribution in [1.29, 1.82) is 0 Å². The van der Waals surface area contributed by atoms with E-state index in [0.717, 1.165) is 18.5 Å². The highest BCUT2D eigenvalue weighted by atomic mass is 16.2. The van der Waals surface area contributed by atoms with Gasteiger partial charge in [-0.2, -0.15) is 0 Å². The summed E-state index contributed by atoms with van der Waals surface area (Å²) in [6.45, 7) is 3.15. The molecule has 0 spiro atoms. The van der Waals surface area contributed by atoms with Gasteiger partial charge in [-0.1, -0.05) is 38.0 Å². The van der Waals surface area contributed by atoms with Crippen molar-refractivity contribution in [2.75, 3.05) is 25.5 Å². The van der Waals surface area contributed by atoms with Crippen LogP contribution in [0.2, 0.25) is 0 Å². The van der Waals surface area contributed by atoms with E-state index in [1.165, 1.54) is 12.4 Å². The van der Waals surface area contributed by atoms with Crippen molar-refractivity contribution in [3.05, 3.63) is 48.3 Å². The number of nitrogens with zero attached hydrogens (tertiary/aromatic N) is 4. The van der Waals surface area contributed by atoms with Crippen molar-refractivity contribution < 1.29 is 9.59 Å². The maximum atomic E-state index is 12.9. The number of benzene rings is 1. The zero-order valence-electron chi connectivity index (χ0n) is 15.8. The first-order valence-electron chi connectivity index (χ1n) is 9.30. The molecule has 0 bridgehead atoms. The quantitative estimate of drug-likeness (QED) is 0.849. The van der Waals surface area contributed by atoms with Gasteiger partial charge < -0.3 is 15.1 Å². The molecule has 2 amide bonds. The smallest absolute Gasteiger partial charge is 0.257 e. The molecule has 3 rings (SSSR count). The molecule has 0 saturated carbocycles. The lowest BCUT2D eigenvalue weighted by Crippen LogP contribution is -2.57. The number of hydrogen-bond acceptors (Lipinski definition) is 5. The number of nitrogens with one attached hydrogen (secondary N) is 1. The minimum atomic E-state index is -0.404. The summed E-state index contributed by atoms with van der Waals surface area (Å²) in [7, 11) is 1.79. The summed E-state index contributed by atoms with van der Waals surface area (Å²) in [5.74, 6) is 0.241. The van der Waals surface area contributed by atoms with Crippen LogP contribution in [0.5, 0.6) is 0 Å². The number of piperazine rings is 1. The summed E-state index contributed by atoms with van der Waals surface area (Å²) in [6.07, 6.45) is 5.60. The van der Waals surface area contributed by atoms with Gasteiger partial charge >= 0.3 is 0 Å². The van der Waals surface area contributed by atoms with Crippen LogP contribution < -0.4 is 5.32 Å². The van der Waals surface area contributed by atoms with E-state index in [2.05, 4.69) is 22.2 Å². The number of likely N-dealkylation sites (N-methyl/N-ethyl adjacent to an activating group) is 1. The first kappa shape index (κ1) is 18.8. The zero-order chi connectivity index (χ0) is 19.2. The summed E-state index contributed by atoms with van der Waals surface area (Å²) in [4.78, 5) is 37.3. The van der Waals surface area contributed by atoms with E-state index in [0.29, 0.717) is 31.0 Å². The van der Waals surface area contributed by atoms with Crippen LogP contribution in [0.3, 0.4) is 0 Å². The first-order valence-corrected chi connectivity index (χ1v) is 9.30. The Kier molecular flexibility index (Phi) is 6.01. The van der Waals surface area contributed by atoms with E-state index in [1.54, 1.807) is 16.8 Å². The second-order valence-electron chi connectivity index (χ2n) is 6.70. The van der Waals surface area contributed by atoms with Crippen molar-refractivity contribution >= 4 is 23.5 Å². The predicted molar refractivity (Wildman–Crippen MR) is 104 cm³/mol. The largest absolute Gasteiger partial charge is 0.342 e. The average Bonchev–Trinajstić information content (AvgIpc) is 2.70. The van der Waals surface area contributed by atoms with Crippen LogP contribution in [-0.4, -0.2) is 57.8 Å². The number of carbonyl (C=O) groups is 2. The van der Waals surface area contributed by atoms with Crippen LogP contribution in [0.25, 0.3) is 0 Å². The Balaban J connectivity index is 1.72. The highest BCUT2D eigenvalue weighted by molar-refractivity contribution is 5.97. The molecule has 7 nitrogen and oxygen atoms in total. The standard InChI is InChI=1S/C20H25N5O2/c1-3-4-10-17-19(27)24(2)11-12-25(17)18(26)15-13-21-20(22-14-15)23-16-8-6-5-7-9-16/h5-9,13-14,17H,3-4,10-12H2,1-2H3,(H,21,22,23)/t17-/m1/s1. The topological polar surface area (TPSA) is 78.4 Å². The van der Waals surface area contributed by atoms with Crippen molar-refractivity contribution in [1.82, 2.24) is 19.8 Å². The van der Waals surface area contributed by atoms with Gasteiger partial charge in [0, 0.05) is 38.2 Å². The minimum Gasteiger partial charge on any atom is -0.342 e. The van der Waals surface area contributed by atoms with E-state index in [-0.39, 0.29) is 11.8 Å². The van der Waals surface area contributed by atoms with Crippen LogP contribution >= 0.6 is 0 Å². The van der Waals surface area contributed by atoms with E-state index in [4.69, 9.17) is 0 Å². The molecule has 1 fully saturated rings. The molecule has 7 heteroatoms. The van der Waals surface area contributed by atoms with E-state index < -0.39 is 6.04 Å². The molecule has 2 heterocycles. The molecular formula is C20H25N5O2. The fourth-order valence-electron chi connectivity index (χ4n) is 3.15. The van der Waals surface area contributed by atoms with Crippen molar-refractivity contribution in [2.45, 2.75) is 32.2 Å². The summed E-state index contributed by atoms with van der Waals surface area (Å²) in [5.41, 5.74) is 1.27. The SMILES string of the molecule is CCCC[C@@H]1C(=O)N(C)CCN1C(=O)c1cnc(Nc2ccccc2)nc1. The van der Waals surface area contributed by atoms with Crippen LogP contribution in [0.4, 0.5) is 11.6 Å². The molecule has 0 radical (unpaired) electrons. The lowest BCUT2D eigenvalue weighted by atomic mass is 10.0. The molecule has 0 aliphatic carbocycles. The molecule has 1 atom stereocenters. The summed E-state index contributed by atoms with van der Waals surface area (Å²) in [5, 5.41) is 3.09. The van der Waals surface area contributed by atoms with Crippen LogP contribution in [0, 0.1) is 0 Å². The summed E-state index contributed by atoms with van der Waals surface area (Å²) >= 11 is 0. The second kappa shape index (κ2) is 8.62. The number of unbranched alkanes of at least 4 members (excludes halogenated alkanes) is 1. The molecule has 2 aromatic rings. The number of rotatable bonds is 6. The molecule has 1 N–H and O–H groups in total. The summed E-state index contributed by atoms with van der Waals surface area (Å²) < 4.78 is 0. The van der Waals surface area contributed by atoms with Crippen LogP contribution in [-0.2, 0) is 4.79 Å². The molecule has 1 aromatic heterocycles. The Labute approximate surface area is 159 Å². The molecule has 27 heavy (non-hydrogen) atoms. The van der Waals surface area contributed by atoms with Gasteiger partial charge in [0.1, 0.15) is 6.04 Å². The molecule has 1 aromatic carbocycles. The lowest BCUT2D eigenvalue weighted by molar-refractivity contribution is -0.138.